The van der Waals surface area contributed by atoms with Gasteiger partial charge in [-0.25, -0.2) is 4.98 Å². The fourth-order valence-electron chi connectivity index (χ4n) is 4.75. The molecule has 3 saturated heterocycles. The highest BCUT2D eigenvalue weighted by molar-refractivity contribution is 5.96. The van der Waals surface area contributed by atoms with Crippen LogP contribution < -0.4 is 5.32 Å². The minimum Gasteiger partial charge on any atom is -0.381 e. The highest BCUT2D eigenvalue weighted by Crippen LogP contribution is 2.41. The average Bonchev–Trinajstić information content (AvgIpc) is 3.15. The van der Waals surface area contributed by atoms with Gasteiger partial charge in [0, 0.05) is 57.7 Å². The maximum absolute atomic E-state index is 13.4. The number of ether oxygens (including phenoxy) is 1. The number of nitrogens with one attached hydrogen (secondary N) is 1. The number of carbonyl (C=O) groups excluding carboxylic acids is 2. The predicted octanol–water partition coefficient (Wildman–Crippen LogP) is 1.76. The Bertz CT molecular complexity index is 719. The standard InChI is InChI=1S/C20H28N4O3/c1-21-17-13-15(3-8-22-17)18(25)23-10-7-20(14-23)6-2-9-24(19(20)26)16-4-11-27-12-5-16/h3,8,13,16H,2,4-7,9-12,14H2,1H3,(H,21,22). The van der Waals surface area contributed by atoms with Crippen LogP contribution in [0.2, 0.25) is 0 Å². The summed E-state index contributed by atoms with van der Waals surface area (Å²) in [6.45, 7) is 3.49. The molecule has 7 heteroatoms. The molecule has 1 spiro atoms. The molecule has 3 aliphatic heterocycles. The lowest BCUT2D eigenvalue weighted by Crippen LogP contribution is -2.55. The van der Waals surface area contributed by atoms with Gasteiger partial charge in [-0.15, -0.1) is 0 Å². The van der Waals surface area contributed by atoms with Crippen molar-refractivity contribution < 1.29 is 14.3 Å². The fraction of sp³-hybridized carbons (Fsp3) is 0.650. The monoisotopic (exact) mass is 372 g/mol. The van der Waals surface area contributed by atoms with Crippen molar-refractivity contribution in [3.63, 3.8) is 0 Å². The van der Waals surface area contributed by atoms with E-state index in [4.69, 9.17) is 4.74 Å². The van der Waals surface area contributed by atoms with Crippen molar-refractivity contribution in [1.82, 2.24) is 14.8 Å². The van der Waals surface area contributed by atoms with Crippen LogP contribution in [0.25, 0.3) is 0 Å². The van der Waals surface area contributed by atoms with Gasteiger partial charge >= 0.3 is 0 Å². The molecular weight excluding hydrogens is 344 g/mol. The van der Waals surface area contributed by atoms with E-state index in [9.17, 15) is 9.59 Å². The van der Waals surface area contributed by atoms with Crippen LogP contribution in [0.15, 0.2) is 18.3 Å². The summed E-state index contributed by atoms with van der Waals surface area (Å²) >= 11 is 0. The average molecular weight is 372 g/mol. The van der Waals surface area contributed by atoms with E-state index in [1.807, 2.05) is 4.90 Å². The first-order valence-corrected chi connectivity index (χ1v) is 9.95. The van der Waals surface area contributed by atoms with Crippen LogP contribution >= 0.6 is 0 Å². The number of aromatic nitrogens is 1. The topological polar surface area (TPSA) is 74.8 Å². The van der Waals surface area contributed by atoms with E-state index >= 15 is 0 Å². The van der Waals surface area contributed by atoms with Crippen LogP contribution in [0, 0.1) is 5.41 Å². The molecule has 4 heterocycles. The summed E-state index contributed by atoms with van der Waals surface area (Å²) in [4.78, 5) is 34.4. The first kappa shape index (κ1) is 18.2. The number of carbonyl (C=O) groups is 2. The van der Waals surface area contributed by atoms with E-state index in [1.54, 1.807) is 25.4 Å². The predicted molar refractivity (Wildman–Crippen MR) is 102 cm³/mol. The number of likely N-dealkylation sites (tertiary alicyclic amines) is 2. The zero-order valence-corrected chi connectivity index (χ0v) is 15.9. The molecule has 3 fully saturated rings. The summed E-state index contributed by atoms with van der Waals surface area (Å²) in [5.41, 5.74) is 0.224. The Kier molecular flexibility index (Phi) is 5.04. The van der Waals surface area contributed by atoms with Crippen LogP contribution in [0.4, 0.5) is 5.82 Å². The Morgan fingerprint density at radius 1 is 1.30 bits per heavy atom. The molecule has 0 saturated carbocycles. The quantitative estimate of drug-likeness (QED) is 0.875. The van der Waals surface area contributed by atoms with Gasteiger partial charge in [0.2, 0.25) is 5.91 Å². The Balaban J connectivity index is 1.48. The lowest BCUT2D eigenvalue weighted by atomic mass is 9.77. The van der Waals surface area contributed by atoms with Gasteiger partial charge in [-0.2, -0.15) is 0 Å². The third-order valence-electron chi connectivity index (χ3n) is 6.30. The van der Waals surface area contributed by atoms with Gasteiger partial charge in [0.25, 0.3) is 5.91 Å². The number of hydrogen-bond donors (Lipinski definition) is 1. The third-order valence-corrected chi connectivity index (χ3v) is 6.30. The van der Waals surface area contributed by atoms with Crippen LogP contribution in [0.1, 0.15) is 42.5 Å². The van der Waals surface area contributed by atoms with Crippen LogP contribution in [0.3, 0.4) is 0 Å². The summed E-state index contributed by atoms with van der Waals surface area (Å²) in [5, 5.41) is 2.97. The Labute approximate surface area is 160 Å². The van der Waals surface area contributed by atoms with E-state index in [0.29, 0.717) is 30.5 Å². The Morgan fingerprint density at radius 3 is 2.89 bits per heavy atom. The summed E-state index contributed by atoms with van der Waals surface area (Å²) in [6.07, 6.45) is 6.16. The molecule has 1 aromatic rings. The second-order valence-electron chi connectivity index (χ2n) is 7.88. The van der Waals surface area contributed by atoms with E-state index < -0.39 is 5.41 Å². The van der Waals surface area contributed by atoms with E-state index in [-0.39, 0.29) is 11.8 Å². The van der Waals surface area contributed by atoms with Crippen molar-refractivity contribution in [2.24, 2.45) is 5.41 Å². The van der Waals surface area contributed by atoms with E-state index in [2.05, 4.69) is 15.2 Å². The zero-order valence-electron chi connectivity index (χ0n) is 15.9. The molecule has 1 atom stereocenters. The molecule has 1 N–H and O–H groups in total. The first-order valence-electron chi connectivity index (χ1n) is 9.95. The zero-order chi connectivity index (χ0) is 18.9. The van der Waals surface area contributed by atoms with E-state index in [0.717, 1.165) is 51.9 Å². The number of hydrogen-bond acceptors (Lipinski definition) is 5. The highest BCUT2D eigenvalue weighted by Gasteiger charge is 2.50. The Morgan fingerprint density at radius 2 is 2.11 bits per heavy atom. The van der Waals surface area contributed by atoms with Gasteiger partial charge in [-0.05, 0) is 44.2 Å². The van der Waals surface area contributed by atoms with Crippen molar-refractivity contribution in [3.05, 3.63) is 23.9 Å². The minimum absolute atomic E-state index is 0.0123. The molecular formula is C20H28N4O3. The molecule has 2 amide bonds. The highest BCUT2D eigenvalue weighted by atomic mass is 16.5. The maximum atomic E-state index is 13.4. The summed E-state index contributed by atoms with van der Waals surface area (Å²) in [6, 6.07) is 3.81. The number of rotatable bonds is 3. The largest absolute Gasteiger partial charge is 0.381 e. The summed E-state index contributed by atoms with van der Waals surface area (Å²) in [5.74, 6) is 0.914. The molecule has 0 radical (unpaired) electrons. The maximum Gasteiger partial charge on any atom is 0.254 e. The van der Waals surface area contributed by atoms with E-state index in [1.165, 1.54) is 0 Å². The van der Waals surface area contributed by atoms with Gasteiger partial charge < -0.3 is 19.9 Å². The summed E-state index contributed by atoms with van der Waals surface area (Å²) < 4.78 is 5.46. The second-order valence-corrected chi connectivity index (χ2v) is 7.88. The number of nitrogens with zero attached hydrogens (tertiary/aromatic N) is 3. The van der Waals surface area contributed by atoms with Crippen molar-refractivity contribution in [3.8, 4) is 0 Å². The molecule has 0 bridgehead atoms. The molecule has 1 aromatic heterocycles. The number of piperidine rings is 1. The molecule has 4 rings (SSSR count). The van der Waals surface area contributed by atoms with Gasteiger partial charge in [-0.3, -0.25) is 9.59 Å². The minimum atomic E-state index is -0.398. The first-order chi connectivity index (χ1) is 13.1. The molecule has 27 heavy (non-hydrogen) atoms. The van der Waals surface area contributed by atoms with Crippen LogP contribution in [-0.4, -0.2) is 72.5 Å². The SMILES string of the molecule is CNc1cc(C(=O)N2CCC3(CCCN(C4CCOCC4)C3=O)C2)ccn1. The number of amides is 2. The molecule has 0 aromatic carbocycles. The second kappa shape index (κ2) is 7.46. The normalized spacial score (nSPS) is 26.6. The molecule has 7 nitrogen and oxygen atoms in total. The Hall–Kier alpha value is -2.15. The van der Waals surface area contributed by atoms with Gasteiger partial charge in [-0.1, -0.05) is 0 Å². The van der Waals surface area contributed by atoms with Crippen molar-refractivity contribution in [2.45, 2.75) is 38.1 Å². The third kappa shape index (κ3) is 3.40. The number of anilines is 1. The smallest absolute Gasteiger partial charge is 0.254 e. The van der Waals surface area contributed by atoms with Gasteiger partial charge in [0.1, 0.15) is 5.82 Å². The number of pyridine rings is 1. The van der Waals surface area contributed by atoms with Gasteiger partial charge in [0.05, 0.1) is 5.41 Å². The lowest BCUT2D eigenvalue weighted by Gasteiger charge is -2.44. The van der Waals surface area contributed by atoms with Crippen LogP contribution in [-0.2, 0) is 9.53 Å². The molecule has 146 valence electrons. The van der Waals surface area contributed by atoms with Crippen molar-refractivity contribution in [2.75, 3.05) is 45.2 Å². The molecule has 3 aliphatic rings. The summed E-state index contributed by atoms with van der Waals surface area (Å²) in [7, 11) is 1.78. The molecule has 0 aliphatic carbocycles. The molecule has 1 unspecified atom stereocenters. The van der Waals surface area contributed by atoms with Crippen molar-refractivity contribution in [1.29, 1.82) is 0 Å². The van der Waals surface area contributed by atoms with Crippen molar-refractivity contribution >= 4 is 17.6 Å². The fourth-order valence-corrected chi connectivity index (χ4v) is 4.75. The van der Waals surface area contributed by atoms with Crippen LogP contribution in [0.5, 0.6) is 0 Å². The van der Waals surface area contributed by atoms with Gasteiger partial charge in [0.15, 0.2) is 0 Å². The lowest BCUT2D eigenvalue weighted by molar-refractivity contribution is -0.150.